The average molecular weight is 373 g/mol. The second-order valence-corrected chi connectivity index (χ2v) is 7.39. The second-order valence-electron chi connectivity index (χ2n) is 6.95. The monoisotopic (exact) mass is 372 g/mol. The van der Waals surface area contributed by atoms with Gasteiger partial charge in [0.25, 0.3) is 0 Å². The van der Waals surface area contributed by atoms with E-state index < -0.39 is 0 Å². The molecule has 0 saturated heterocycles. The number of benzene rings is 3. The standard InChI is InChI=1S/C24H21ClN2/c1-16-6-4-8-19(14-16)23-18(3)24(20-9-5-7-17(2)15-20)27(26-23)22-12-10-21(25)11-13-22/h4-15H,1-3H3. The van der Waals surface area contributed by atoms with Crippen molar-refractivity contribution in [2.75, 3.05) is 0 Å². The summed E-state index contributed by atoms with van der Waals surface area (Å²) in [5.74, 6) is 0. The van der Waals surface area contributed by atoms with Gasteiger partial charge in [-0.25, -0.2) is 4.68 Å². The van der Waals surface area contributed by atoms with Crippen LogP contribution in [-0.4, -0.2) is 9.78 Å². The smallest absolute Gasteiger partial charge is 0.0963 e. The molecule has 0 aliphatic heterocycles. The summed E-state index contributed by atoms with van der Waals surface area (Å²) in [4.78, 5) is 0. The van der Waals surface area contributed by atoms with Crippen molar-refractivity contribution >= 4 is 11.6 Å². The molecular weight excluding hydrogens is 352 g/mol. The summed E-state index contributed by atoms with van der Waals surface area (Å²) in [5, 5.41) is 5.72. The van der Waals surface area contributed by atoms with E-state index in [4.69, 9.17) is 16.7 Å². The van der Waals surface area contributed by atoms with Gasteiger partial charge in [0.15, 0.2) is 0 Å². The number of halogens is 1. The van der Waals surface area contributed by atoms with E-state index in [-0.39, 0.29) is 0 Å². The number of hydrogen-bond acceptors (Lipinski definition) is 1. The Morgan fingerprint density at radius 1 is 0.741 bits per heavy atom. The maximum absolute atomic E-state index is 6.10. The molecule has 27 heavy (non-hydrogen) atoms. The minimum Gasteiger partial charge on any atom is -0.232 e. The average Bonchev–Trinajstić information content (AvgIpc) is 2.99. The third-order valence-electron chi connectivity index (χ3n) is 4.78. The zero-order chi connectivity index (χ0) is 19.0. The van der Waals surface area contributed by atoms with Crippen LogP contribution in [0.1, 0.15) is 16.7 Å². The lowest BCUT2D eigenvalue weighted by molar-refractivity contribution is 0.891. The lowest BCUT2D eigenvalue weighted by Crippen LogP contribution is -1.99. The summed E-state index contributed by atoms with van der Waals surface area (Å²) >= 11 is 6.10. The molecular formula is C24H21ClN2. The van der Waals surface area contributed by atoms with E-state index in [0.717, 1.165) is 33.2 Å². The van der Waals surface area contributed by atoms with Gasteiger partial charge in [0.2, 0.25) is 0 Å². The van der Waals surface area contributed by atoms with Gasteiger partial charge in [-0.1, -0.05) is 59.1 Å². The van der Waals surface area contributed by atoms with Crippen LogP contribution in [-0.2, 0) is 0 Å². The summed E-state index contributed by atoms with van der Waals surface area (Å²) in [5.41, 5.74) is 9.03. The van der Waals surface area contributed by atoms with Crippen molar-refractivity contribution in [3.63, 3.8) is 0 Å². The van der Waals surface area contributed by atoms with E-state index in [9.17, 15) is 0 Å². The maximum Gasteiger partial charge on any atom is 0.0963 e. The minimum absolute atomic E-state index is 0.721. The Hall–Kier alpha value is -2.84. The molecule has 0 atom stereocenters. The van der Waals surface area contributed by atoms with Crippen molar-refractivity contribution in [1.29, 1.82) is 0 Å². The van der Waals surface area contributed by atoms with E-state index >= 15 is 0 Å². The van der Waals surface area contributed by atoms with Crippen molar-refractivity contribution in [2.45, 2.75) is 20.8 Å². The van der Waals surface area contributed by atoms with Crippen LogP contribution in [0.25, 0.3) is 28.2 Å². The molecule has 4 rings (SSSR count). The van der Waals surface area contributed by atoms with E-state index in [1.807, 2.05) is 28.9 Å². The Morgan fingerprint density at radius 3 is 1.96 bits per heavy atom. The van der Waals surface area contributed by atoms with Crippen LogP contribution >= 0.6 is 11.6 Å². The molecule has 3 aromatic carbocycles. The van der Waals surface area contributed by atoms with Gasteiger partial charge in [-0.2, -0.15) is 5.10 Å². The molecule has 0 bridgehead atoms. The van der Waals surface area contributed by atoms with Crippen molar-refractivity contribution in [3.8, 4) is 28.2 Å². The first kappa shape index (κ1) is 17.6. The number of aromatic nitrogens is 2. The molecule has 0 N–H and O–H groups in total. The van der Waals surface area contributed by atoms with E-state index in [1.165, 1.54) is 16.7 Å². The topological polar surface area (TPSA) is 17.8 Å². The molecule has 0 unspecified atom stereocenters. The number of rotatable bonds is 3. The van der Waals surface area contributed by atoms with Crippen LogP contribution in [0.15, 0.2) is 72.8 Å². The van der Waals surface area contributed by atoms with Crippen LogP contribution in [0.2, 0.25) is 5.02 Å². The summed E-state index contributed by atoms with van der Waals surface area (Å²) in [6, 6.07) is 24.9. The fourth-order valence-electron chi connectivity index (χ4n) is 3.46. The van der Waals surface area contributed by atoms with Crippen LogP contribution < -0.4 is 0 Å². The molecule has 0 radical (unpaired) electrons. The maximum atomic E-state index is 6.10. The zero-order valence-electron chi connectivity index (χ0n) is 15.7. The molecule has 1 aromatic heterocycles. The van der Waals surface area contributed by atoms with Gasteiger partial charge in [0.05, 0.1) is 17.1 Å². The lowest BCUT2D eigenvalue weighted by atomic mass is 10.0. The summed E-state index contributed by atoms with van der Waals surface area (Å²) in [6.45, 7) is 6.37. The van der Waals surface area contributed by atoms with Crippen molar-refractivity contribution < 1.29 is 0 Å². The number of aryl methyl sites for hydroxylation is 2. The molecule has 2 nitrogen and oxygen atoms in total. The fraction of sp³-hybridized carbons (Fsp3) is 0.125. The first-order valence-corrected chi connectivity index (χ1v) is 9.40. The molecule has 4 aromatic rings. The van der Waals surface area contributed by atoms with Gasteiger partial charge in [-0.3, -0.25) is 0 Å². The Balaban J connectivity index is 1.99. The second kappa shape index (κ2) is 7.05. The molecule has 3 heteroatoms. The van der Waals surface area contributed by atoms with Gasteiger partial charge in [-0.05, 0) is 57.2 Å². The van der Waals surface area contributed by atoms with Gasteiger partial charge < -0.3 is 0 Å². The van der Waals surface area contributed by atoms with Crippen LogP contribution in [0.4, 0.5) is 0 Å². The normalized spacial score (nSPS) is 11.0. The number of nitrogens with zero attached hydrogens (tertiary/aromatic N) is 2. The zero-order valence-corrected chi connectivity index (χ0v) is 16.5. The molecule has 0 fully saturated rings. The van der Waals surface area contributed by atoms with Gasteiger partial charge >= 0.3 is 0 Å². The van der Waals surface area contributed by atoms with Crippen LogP contribution in [0.3, 0.4) is 0 Å². The highest BCUT2D eigenvalue weighted by Crippen LogP contribution is 2.34. The van der Waals surface area contributed by atoms with Gasteiger partial charge in [-0.15, -0.1) is 0 Å². The molecule has 0 aliphatic carbocycles. The van der Waals surface area contributed by atoms with Gasteiger partial charge in [0.1, 0.15) is 0 Å². The van der Waals surface area contributed by atoms with E-state index in [2.05, 4.69) is 69.3 Å². The SMILES string of the molecule is Cc1cccc(-c2nn(-c3ccc(Cl)cc3)c(-c3cccc(C)c3)c2C)c1. The van der Waals surface area contributed by atoms with Crippen LogP contribution in [0, 0.1) is 20.8 Å². The highest BCUT2D eigenvalue weighted by Gasteiger charge is 2.18. The highest BCUT2D eigenvalue weighted by atomic mass is 35.5. The number of hydrogen-bond donors (Lipinski definition) is 0. The van der Waals surface area contributed by atoms with E-state index in [1.54, 1.807) is 0 Å². The first-order valence-electron chi connectivity index (χ1n) is 9.02. The largest absolute Gasteiger partial charge is 0.232 e. The lowest BCUT2D eigenvalue weighted by Gasteiger charge is -2.09. The third-order valence-corrected chi connectivity index (χ3v) is 5.03. The predicted octanol–water partition coefficient (Wildman–Crippen LogP) is 6.78. The highest BCUT2D eigenvalue weighted by molar-refractivity contribution is 6.30. The van der Waals surface area contributed by atoms with Gasteiger partial charge in [0, 0.05) is 21.7 Å². The quantitative estimate of drug-likeness (QED) is 0.387. The Morgan fingerprint density at radius 2 is 1.33 bits per heavy atom. The molecule has 1 heterocycles. The molecule has 0 amide bonds. The predicted molar refractivity (Wildman–Crippen MR) is 114 cm³/mol. The molecule has 134 valence electrons. The van der Waals surface area contributed by atoms with Crippen molar-refractivity contribution in [2.24, 2.45) is 0 Å². The molecule has 0 spiro atoms. The molecule has 0 aliphatic rings. The first-order chi connectivity index (χ1) is 13.0. The Kier molecular flexibility index (Phi) is 4.59. The Labute approximate surface area is 165 Å². The minimum atomic E-state index is 0.721. The van der Waals surface area contributed by atoms with Crippen molar-refractivity contribution in [1.82, 2.24) is 9.78 Å². The van der Waals surface area contributed by atoms with Crippen LogP contribution in [0.5, 0.6) is 0 Å². The fourth-order valence-corrected chi connectivity index (χ4v) is 3.59. The Bertz CT molecular complexity index is 1110. The van der Waals surface area contributed by atoms with E-state index in [0.29, 0.717) is 0 Å². The van der Waals surface area contributed by atoms with Crippen molar-refractivity contribution in [3.05, 3.63) is 94.5 Å². The third kappa shape index (κ3) is 3.41. The molecule has 0 saturated carbocycles. The summed E-state index contributed by atoms with van der Waals surface area (Å²) in [7, 11) is 0. The summed E-state index contributed by atoms with van der Waals surface area (Å²) in [6.07, 6.45) is 0. The summed E-state index contributed by atoms with van der Waals surface area (Å²) < 4.78 is 2.03.